The fourth-order valence-electron chi connectivity index (χ4n) is 2.43. The molecule has 0 atom stereocenters. The minimum atomic E-state index is -3.92. The summed E-state index contributed by atoms with van der Waals surface area (Å²) >= 11 is 3.35. The molecule has 0 aliphatic carbocycles. The Kier molecular flexibility index (Phi) is 6.91. The van der Waals surface area contributed by atoms with Crippen molar-refractivity contribution in [1.29, 1.82) is 0 Å². The molecular weight excluding hydrogens is 450 g/mol. The van der Waals surface area contributed by atoms with E-state index in [2.05, 4.69) is 26.0 Å². The van der Waals surface area contributed by atoms with Crippen LogP contribution in [0.4, 0.5) is 5.69 Å². The number of nitrogens with one attached hydrogen (secondary N) is 2. The second-order valence-electron chi connectivity index (χ2n) is 6.54. The van der Waals surface area contributed by atoms with E-state index in [1.54, 1.807) is 13.8 Å². The topological polar surface area (TPSA) is 118 Å². The third-order valence-corrected chi connectivity index (χ3v) is 6.16. The van der Waals surface area contributed by atoms with Crippen LogP contribution in [0.1, 0.15) is 19.4 Å². The number of nitrogens with zero attached hydrogens (tertiary/aromatic N) is 1. The zero-order chi connectivity index (χ0) is 20.9. The van der Waals surface area contributed by atoms with E-state index in [0.29, 0.717) is 0 Å². The molecule has 150 valence electrons. The molecule has 0 saturated carbocycles. The third kappa shape index (κ3) is 5.37. The first-order valence-electron chi connectivity index (χ1n) is 8.32. The summed E-state index contributed by atoms with van der Waals surface area (Å²) in [5.41, 5.74) is -0.280. The molecule has 0 spiro atoms. The van der Waals surface area contributed by atoms with Crippen LogP contribution in [0, 0.1) is 10.1 Å². The lowest BCUT2D eigenvalue weighted by molar-refractivity contribution is -0.385. The molecule has 0 aliphatic heterocycles. The Labute approximate surface area is 171 Å². The van der Waals surface area contributed by atoms with E-state index in [9.17, 15) is 23.3 Å². The van der Waals surface area contributed by atoms with E-state index in [4.69, 9.17) is 0 Å². The minimum Gasteiger partial charge on any atom is -0.354 e. The lowest BCUT2D eigenvalue weighted by Gasteiger charge is -2.24. The zero-order valence-electron chi connectivity index (χ0n) is 15.3. The van der Waals surface area contributed by atoms with Crippen LogP contribution < -0.4 is 10.0 Å². The molecule has 0 saturated heterocycles. The van der Waals surface area contributed by atoms with Crippen LogP contribution >= 0.6 is 15.9 Å². The van der Waals surface area contributed by atoms with Crippen molar-refractivity contribution in [3.8, 4) is 0 Å². The van der Waals surface area contributed by atoms with Gasteiger partial charge in [-0.05, 0) is 37.6 Å². The number of nitro groups is 1. The Morgan fingerprint density at radius 1 is 1.14 bits per heavy atom. The number of benzene rings is 2. The van der Waals surface area contributed by atoms with Gasteiger partial charge in [-0.15, -0.1) is 0 Å². The summed E-state index contributed by atoms with van der Waals surface area (Å²) in [5, 5.41) is 13.5. The SMILES string of the molecule is CC(C)(C(=O)NCCNS(=O)(=O)c1cccc([N+](=O)[O-])c1)c1ccc(Br)cc1. The number of nitro benzene ring substituents is 1. The van der Waals surface area contributed by atoms with Crippen LogP contribution in [0.3, 0.4) is 0 Å². The maximum absolute atomic E-state index is 12.5. The first-order chi connectivity index (χ1) is 13.0. The first kappa shape index (κ1) is 22.0. The normalized spacial score (nSPS) is 11.8. The predicted molar refractivity (Wildman–Crippen MR) is 108 cm³/mol. The summed E-state index contributed by atoms with van der Waals surface area (Å²) in [6.07, 6.45) is 0. The van der Waals surface area contributed by atoms with Gasteiger partial charge in [0.1, 0.15) is 0 Å². The fourth-order valence-corrected chi connectivity index (χ4v) is 3.76. The van der Waals surface area contributed by atoms with Gasteiger partial charge < -0.3 is 5.32 Å². The third-order valence-electron chi connectivity index (χ3n) is 4.17. The maximum Gasteiger partial charge on any atom is 0.270 e. The molecule has 0 unspecified atom stereocenters. The van der Waals surface area contributed by atoms with Gasteiger partial charge in [0, 0.05) is 29.7 Å². The number of amides is 1. The zero-order valence-corrected chi connectivity index (χ0v) is 17.7. The molecule has 0 bridgehead atoms. The summed E-state index contributed by atoms with van der Waals surface area (Å²) < 4.78 is 27.7. The van der Waals surface area contributed by atoms with Crippen molar-refractivity contribution in [2.75, 3.05) is 13.1 Å². The van der Waals surface area contributed by atoms with Gasteiger partial charge in [-0.1, -0.05) is 34.1 Å². The van der Waals surface area contributed by atoms with Crippen LogP contribution in [0.2, 0.25) is 0 Å². The van der Waals surface area contributed by atoms with Crippen LogP contribution in [-0.2, 0) is 20.2 Å². The van der Waals surface area contributed by atoms with Crippen molar-refractivity contribution in [1.82, 2.24) is 10.0 Å². The average molecular weight is 470 g/mol. The molecule has 0 fully saturated rings. The lowest BCUT2D eigenvalue weighted by atomic mass is 9.84. The number of sulfonamides is 1. The highest BCUT2D eigenvalue weighted by Crippen LogP contribution is 2.25. The van der Waals surface area contributed by atoms with Crippen molar-refractivity contribution in [2.24, 2.45) is 0 Å². The highest BCUT2D eigenvalue weighted by molar-refractivity contribution is 9.10. The Bertz CT molecular complexity index is 975. The molecule has 2 N–H and O–H groups in total. The highest BCUT2D eigenvalue weighted by Gasteiger charge is 2.29. The van der Waals surface area contributed by atoms with Gasteiger partial charge in [0.25, 0.3) is 5.69 Å². The van der Waals surface area contributed by atoms with Gasteiger partial charge in [0.2, 0.25) is 15.9 Å². The summed E-state index contributed by atoms with van der Waals surface area (Å²) in [6, 6.07) is 12.1. The molecule has 10 heteroatoms. The van der Waals surface area contributed by atoms with E-state index in [1.807, 2.05) is 24.3 Å². The summed E-state index contributed by atoms with van der Waals surface area (Å²) in [5.74, 6) is -0.246. The molecule has 28 heavy (non-hydrogen) atoms. The Balaban J connectivity index is 1.94. The van der Waals surface area contributed by atoms with Gasteiger partial charge in [0.05, 0.1) is 15.2 Å². The molecule has 2 aromatic rings. The number of hydrogen-bond acceptors (Lipinski definition) is 5. The molecule has 2 aromatic carbocycles. The number of carbonyl (C=O) groups is 1. The molecule has 2 rings (SSSR count). The maximum atomic E-state index is 12.5. The molecule has 0 aliphatic rings. The number of non-ortho nitro benzene ring substituents is 1. The van der Waals surface area contributed by atoms with Crippen molar-refractivity contribution >= 4 is 37.5 Å². The second kappa shape index (κ2) is 8.80. The van der Waals surface area contributed by atoms with E-state index < -0.39 is 20.4 Å². The van der Waals surface area contributed by atoms with Crippen molar-refractivity contribution in [3.63, 3.8) is 0 Å². The Hall–Kier alpha value is -2.30. The van der Waals surface area contributed by atoms with E-state index in [-0.39, 0.29) is 29.6 Å². The van der Waals surface area contributed by atoms with Crippen LogP contribution in [0.25, 0.3) is 0 Å². The molecular formula is C18H20BrN3O5S. The van der Waals surface area contributed by atoms with Gasteiger partial charge in [0.15, 0.2) is 0 Å². The highest BCUT2D eigenvalue weighted by atomic mass is 79.9. The van der Waals surface area contributed by atoms with Gasteiger partial charge in [-0.2, -0.15) is 0 Å². The quantitative estimate of drug-likeness (QED) is 0.350. The number of rotatable bonds is 8. The monoisotopic (exact) mass is 469 g/mol. The predicted octanol–water partition coefficient (Wildman–Crippen LogP) is 2.73. The largest absolute Gasteiger partial charge is 0.354 e. The van der Waals surface area contributed by atoms with Crippen LogP contribution in [0.5, 0.6) is 0 Å². The lowest BCUT2D eigenvalue weighted by Crippen LogP contribution is -2.43. The van der Waals surface area contributed by atoms with Gasteiger partial charge in [-0.3, -0.25) is 14.9 Å². The molecule has 0 aromatic heterocycles. The molecule has 0 heterocycles. The standard InChI is InChI=1S/C18H20BrN3O5S/c1-18(2,13-6-8-14(19)9-7-13)17(23)20-10-11-21-28(26,27)16-5-3-4-15(12-16)22(24)25/h3-9,12,21H,10-11H2,1-2H3,(H,20,23). The van der Waals surface area contributed by atoms with Crippen molar-refractivity contribution < 1.29 is 18.1 Å². The van der Waals surface area contributed by atoms with Crippen molar-refractivity contribution in [3.05, 3.63) is 68.7 Å². The molecule has 1 amide bonds. The van der Waals surface area contributed by atoms with E-state index in [1.165, 1.54) is 18.2 Å². The molecule has 0 radical (unpaired) electrons. The summed E-state index contributed by atoms with van der Waals surface area (Å²) in [7, 11) is -3.92. The number of carbonyl (C=O) groups excluding carboxylic acids is 1. The minimum absolute atomic E-state index is 0.0484. The smallest absolute Gasteiger partial charge is 0.270 e. The van der Waals surface area contributed by atoms with Crippen LogP contribution in [-0.4, -0.2) is 32.3 Å². The average Bonchev–Trinajstić information content (AvgIpc) is 2.65. The van der Waals surface area contributed by atoms with Gasteiger partial charge in [-0.25, -0.2) is 13.1 Å². The van der Waals surface area contributed by atoms with Crippen LogP contribution in [0.15, 0.2) is 57.9 Å². The van der Waals surface area contributed by atoms with E-state index >= 15 is 0 Å². The van der Waals surface area contributed by atoms with E-state index in [0.717, 1.165) is 16.1 Å². The summed E-state index contributed by atoms with van der Waals surface area (Å²) in [6.45, 7) is 3.58. The Morgan fingerprint density at radius 2 is 1.79 bits per heavy atom. The number of hydrogen-bond donors (Lipinski definition) is 2. The number of halogens is 1. The second-order valence-corrected chi connectivity index (χ2v) is 9.22. The first-order valence-corrected chi connectivity index (χ1v) is 10.6. The fraction of sp³-hybridized carbons (Fsp3) is 0.278. The Morgan fingerprint density at radius 3 is 2.39 bits per heavy atom. The van der Waals surface area contributed by atoms with Crippen molar-refractivity contribution in [2.45, 2.75) is 24.2 Å². The molecule has 8 nitrogen and oxygen atoms in total. The van der Waals surface area contributed by atoms with Gasteiger partial charge >= 0.3 is 0 Å². The summed E-state index contributed by atoms with van der Waals surface area (Å²) in [4.78, 5) is 22.4.